The van der Waals surface area contributed by atoms with Crippen molar-refractivity contribution in [3.05, 3.63) is 205 Å². The molecule has 1 saturated carbocycles. The average molecular weight is 791 g/mol. The molecule has 6 heteroatoms. The molecule has 0 aliphatic heterocycles. The van der Waals surface area contributed by atoms with Crippen LogP contribution in [0.15, 0.2) is 194 Å². The summed E-state index contributed by atoms with van der Waals surface area (Å²) in [6, 6.07) is 66.7. The maximum atomic E-state index is 15.0. The topological polar surface area (TPSA) is 58.2 Å². The van der Waals surface area contributed by atoms with E-state index in [9.17, 15) is 0 Å². The first-order valence-corrected chi connectivity index (χ1v) is 22.8. The Morgan fingerprint density at radius 2 is 0.690 bits per heavy atom. The monoisotopic (exact) mass is 790 g/mol. The van der Waals surface area contributed by atoms with Crippen molar-refractivity contribution >= 4 is 81.0 Å². The van der Waals surface area contributed by atoms with E-state index >= 15 is 9.59 Å². The molecular formula is C52H44N2O2P2. The first kappa shape index (κ1) is 37.6. The number of benzene rings is 8. The summed E-state index contributed by atoms with van der Waals surface area (Å²) in [5.74, 6) is -0.195. The van der Waals surface area contributed by atoms with Crippen LogP contribution in [0.1, 0.15) is 46.4 Å². The van der Waals surface area contributed by atoms with Gasteiger partial charge in [-0.3, -0.25) is 9.59 Å². The largest absolute Gasteiger partial charge is 0.347 e. The van der Waals surface area contributed by atoms with Crippen molar-refractivity contribution < 1.29 is 9.59 Å². The molecule has 0 bridgehead atoms. The standard InChI is InChI=1S/C52H44N2O2P2/c55-51(49-43-29-15-13-19-37(43)33-35-47(49)57(39-21-5-1-6-22-39)40-23-7-2-8-24-40)53-45-31-17-18-32-46(45)54-52(56)50-44-30-16-14-20-38(44)34-36-48(50)58(41-25-9-3-10-26-41)42-27-11-4-12-28-42/h1-16,19-30,33-36,45-46H,17-18,31-32H2,(H,53,55)(H,54,56). The molecule has 2 N–H and O–H groups in total. The second-order valence-electron chi connectivity index (χ2n) is 14.8. The molecule has 1 aliphatic carbocycles. The van der Waals surface area contributed by atoms with E-state index in [0.29, 0.717) is 11.1 Å². The summed E-state index contributed by atoms with van der Waals surface area (Å²) in [5, 5.41) is 17.8. The number of hydrogen-bond donors (Lipinski definition) is 2. The molecule has 0 radical (unpaired) electrons. The molecule has 284 valence electrons. The minimum absolute atomic E-state index is 0.0974. The van der Waals surface area contributed by atoms with E-state index in [1.807, 2.05) is 48.5 Å². The molecule has 8 aromatic carbocycles. The highest BCUT2D eigenvalue weighted by molar-refractivity contribution is 7.80. The van der Waals surface area contributed by atoms with Gasteiger partial charge in [-0.1, -0.05) is 207 Å². The lowest BCUT2D eigenvalue weighted by Gasteiger charge is -2.34. The number of fused-ring (bicyclic) bond motifs is 2. The first-order valence-electron chi connectivity index (χ1n) is 20.1. The molecule has 0 heterocycles. The Morgan fingerprint density at radius 3 is 1.03 bits per heavy atom. The van der Waals surface area contributed by atoms with Gasteiger partial charge in [0, 0.05) is 12.1 Å². The third-order valence-corrected chi connectivity index (χ3v) is 16.2. The lowest BCUT2D eigenvalue weighted by atomic mass is 9.89. The zero-order chi connectivity index (χ0) is 39.3. The maximum absolute atomic E-state index is 15.0. The second kappa shape index (κ2) is 17.3. The van der Waals surface area contributed by atoms with E-state index in [0.717, 1.165) is 57.8 Å². The summed E-state index contributed by atoms with van der Waals surface area (Å²) < 4.78 is 0. The van der Waals surface area contributed by atoms with Gasteiger partial charge in [0.05, 0.1) is 11.1 Å². The highest BCUT2D eigenvalue weighted by Crippen LogP contribution is 2.38. The van der Waals surface area contributed by atoms with E-state index in [1.54, 1.807) is 0 Å². The zero-order valence-electron chi connectivity index (χ0n) is 32.2. The smallest absolute Gasteiger partial charge is 0.252 e. The quantitative estimate of drug-likeness (QED) is 0.136. The fourth-order valence-electron chi connectivity index (χ4n) is 8.49. The minimum atomic E-state index is -1.05. The zero-order valence-corrected chi connectivity index (χ0v) is 34.0. The normalized spacial score (nSPS) is 15.4. The minimum Gasteiger partial charge on any atom is -0.347 e. The van der Waals surface area contributed by atoms with Crippen LogP contribution in [0, 0.1) is 0 Å². The Hall–Kier alpha value is -5.92. The number of hydrogen-bond acceptors (Lipinski definition) is 2. The van der Waals surface area contributed by atoms with Crippen molar-refractivity contribution in [3.63, 3.8) is 0 Å². The highest BCUT2D eigenvalue weighted by atomic mass is 31.1. The van der Waals surface area contributed by atoms with E-state index < -0.39 is 15.8 Å². The van der Waals surface area contributed by atoms with Crippen molar-refractivity contribution in [2.45, 2.75) is 37.8 Å². The van der Waals surface area contributed by atoms with Crippen molar-refractivity contribution in [2.24, 2.45) is 0 Å². The molecule has 9 rings (SSSR count). The third-order valence-electron chi connectivity index (χ3n) is 11.2. The van der Waals surface area contributed by atoms with Gasteiger partial charge < -0.3 is 10.6 Å². The molecular weight excluding hydrogens is 747 g/mol. The summed E-state index contributed by atoms with van der Waals surface area (Å²) in [4.78, 5) is 30.1. The van der Waals surface area contributed by atoms with Crippen molar-refractivity contribution in [1.82, 2.24) is 10.6 Å². The van der Waals surface area contributed by atoms with Crippen molar-refractivity contribution in [3.8, 4) is 0 Å². The van der Waals surface area contributed by atoms with Gasteiger partial charge in [0.1, 0.15) is 0 Å². The summed E-state index contributed by atoms with van der Waals surface area (Å²) in [5.41, 5.74) is 1.42. The molecule has 1 fully saturated rings. The van der Waals surface area contributed by atoms with E-state index in [2.05, 4.69) is 156 Å². The Bertz CT molecular complexity index is 2420. The maximum Gasteiger partial charge on any atom is 0.252 e. The van der Waals surface area contributed by atoms with Crippen LogP contribution in [-0.4, -0.2) is 23.9 Å². The molecule has 8 aromatic rings. The number of rotatable bonds is 10. The van der Waals surface area contributed by atoms with Gasteiger partial charge >= 0.3 is 0 Å². The molecule has 2 atom stereocenters. The van der Waals surface area contributed by atoms with Crippen molar-refractivity contribution in [1.29, 1.82) is 0 Å². The molecule has 0 saturated heterocycles. The summed E-state index contributed by atoms with van der Waals surface area (Å²) in [6.45, 7) is 0. The highest BCUT2D eigenvalue weighted by Gasteiger charge is 2.33. The van der Waals surface area contributed by atoms with E-state index in [1.165, 1.54) is 21.2 Å². The summed E-state index contributed by atoms with van der Waals surface area (Å²) in [7, 11) is -2.09. The fourth-order valence-corrected chi connectivity index (χ4v) is 13.4. The predicted octanol–water partition coefficient (Wildman–Crippen LogP) is 8.98. The second-order valence-corrected chi connectivity index (χ2v) is 19.2. The summed E-state index contributed by atoms with van der Waals surface area (Å²) >= 11 is 0. The first-order chi connectivity index (χ1) is 28.6. The number of carbonyl (C=O) groups is 2. The Balaban J connectivity index is 1.09. The van der Waals surface area contributed by atoms with Crippen LogP contribution in [0.3, 0.4) is 0 Å². The lowest BCUT2D eigenvalue weighted by Crippen LogP contribution is -2.54. The SMILES string of the molecule is O=C(NC1CCCCC1NC(=O)c1c(P(c2ccccc2)c2ccccc2)ccc2ccccc12)c1c(P(c2ccccc2)c2ccccc2)ccc2ccccc12. The van der Waals surface area contributed by atoms with Crippen LogP contribution in [0.25, 0.3) is 21.5 Å². The van der Waals surface area contributed by atoms with Crippen molar-refractivity contribution in [2.75, 3.05) is 0 Å². The van der Waals surface area contributed by atoms with Crippen LogP contribution in [-0.2, 0) is 0 Å². The summed E-state index contributed by atoms with van der Waals surface area (Å²) in [6.07, 6.45) is 3.53. The fraction of sp³-hybridized carbons (Fsp3) is 0.115. The van der Waals surface area contributed by atoms with Gasteiger partial charge in [-0.05, 0) is 82.1 Å². The van der Waals surface area contributed by atoms with E-state index in [-0.39, 0.29) is 23.9 Å². The molecule has 4 nitrogen and oxygen atoms in total. The molecule has 0 aromatic heterocycles. The molecule has 2 unspecified atom stereocenters. The molecule has 0 spiro atoms. The Kier molecular flexibility index (Phi) is 11.2. The van der Waals surface area contributed by atoms with Crippen LogP contribution >= 0.6 is 15.8 Å². The number of nitrogens with one attached hydrogen (secondary N) is 2. The average Bonchev–Trinajstić information content (AvgIpc) is 3.28. The third kappa shape index (κ3) is 7.71. The molecule has 1 aliphatic rings. The van der Waals surface area contributed by atoms with Crippen LogP contribution in [0.2, 0.25) is 0 Å². The van der Waals surface area contributed by atoms with Gasteiger partial charge in [0.2, 0.25) is 0 Å². The lowest BCUT2D eigenvalue weighted by molar-refractivity contribution is 0.0865. The van der Waals surface area contributed by atoms with Crippen LogP contribution in [0.4, 0.5) is 0 Å². The van der Waals surface area contributed by atoms with Gasteiger partial charge in [-0.15, -0.1) is 0 Å². The number of amides is 2. The van der Waals surface area contributed by atoms with Gasteiger partial charge in [0.15, 0.2) is 0 Å². The van der Waals surface area contributed by atoms with Gasteiger partial charge in [-0.25, -0.2) is 0 Å². The Morgan fingerprint density at radius 1 is 0.379 bits per heavy atom. The Labute approximate surface area is 342 Å². The molecule has 58 heavy (non-hydrogen) atoms. The predicted molar refractivity (Wildman–Crippen MR) is 246 cm³/mol. The molecule has 2 amide bonds. The van der Waals surface area contributed by atoms with Gasteiger partial charge in [0.25, 0.3) is 11.8 Å². The number of carbonyl (C=O) groups excluding carboxylic acids is 2. The van der Waals surface area contributed by atoms with Crippen LogP contribution in [0.5, 0.6) is 0 Å². The van der Waals surface area contributed by atoms with Crippen LogP contribution < -0.4 is 42.5 Å². The van der Waals surface area contributed by atoms with E-state index in [4.69, 9.17) is 0 Å². The van der Waals surface area contributed by atoms with Gasteiger partial charge in [-0.2, -0.15) is 0 Å².